The van der Waals surface area contributed by atoms with E-state index in [0.29, 0.717) is 32.3 Å². The summed E-state index contributed by atoms with van der Waals surface area (Å²) < 4.78 is 4.85. The van der Waals surface area contributed by atoms with Crippen molar-refractivity contribution in [1.82, 2.24) is 5.32 Å². The molecule has 0 aromatic rings. The van der Waals surface area contributed by atoms with E-state index in [1.54, 1.807) is 0 Å². The second-order valence-corrected chi connectivity index (χ2v) is 4.75. The summed E-state index contributed by atoms with van der Waals surface area (Å²) in [6.45, 7) is 4.08. The molecule has 1 aliphatic rings. The Hall–Kier alpha value is -1.39. The summed E-state index contributed by atoms with van der Waals surface area (Å²) in [5.41, 5.74) is 0. The predicted octanol–water partition coefficient (Wildman–Crippen LogP) is 1.20. The van der Waals surface area contributed by atoms with E-state index in [-0.39, 0.29) is 23.6 Å². The molecule has 0 unspecified atom stereocenters. The average molecular weight is 255 g/mol. The fourth-order valence-corrected chi connectivity index (χ4v) is 1.86. The van der Waals surface area contributed by atoms with E-state index >= 15 is 0 Å². The Balaban J connectivity index is 2.17. The normalized spacial score (nSPS) is 22.7. The molecule has 5 nitrogen and oxygen atoms in total. The minimum absolute atomic E-state index is 0.0307. The molecule has 0 bridgehead atoms. The predicted molar refractivity (Wildman–Crippen MR) is 65.8 cm³/mol. The van der Waals surface area contributed by atoms with Crippen molar-refractivity contribution in [3.63, 3.8) is 0 Å². The third-order valence-electron chi connectivity index (χ3n) is 3.13. The molecule has 102 valence electrons. The molecule has 0 radical (unpaired) electrons. The van der Waals surface area contributed by atoms with Gasteiger partial charge in [-0.1, -0.05) is 13.8 Å². The van der Waals surface area contributed by atoms with Gasteiger partial charge in [0.15, 0.2) is 0 Å². The summed E-state index contributed by atoms with van der Waals surface area (Å²) in [5.74, 6) is -0.238. The Morgan fingerprint density at radius 3 is 2.56 bits per heavy atom. The lowest BCUT2D eigenvalue weighted by Crippen LogP contribution is -2.41. The van der Waals surface area contributed by atoms with Gasteiger partial charge in [-0.15, -0.1) is 0 Å². The number of hydrogen-bond acceptors (Lipinski definition) is 4. The maximum atomic E-state index is 11.6. The van der Waals surface area contributed by atoms with Crippen molar-refractivity contribution in [2.24, 2.45) is 5.92 Å². The summed E-state index contributed by atoms with van der Waals surface area (Å²) in [6, 6.07) is -0.505. The second-order valence-electron chi connectivity index (χ2n) is 4.75. The Labute approximate surface area is 107 Å². The van der Waals surface area contributed by atoms with Crippen LogP contribution in [0.25, 0.3) is 0 Å². The van der Waals surface area contributed by atoms with E-state index in [9.17, 15) is 14.4 Å². The van der Waals surface area contributed by atoms with Crippen molar-refractivity contribution < 1.29 is 19.1 Å². The van der Waals surface area contributed by atoms with E-state index in [2.05, 4.69) is 5.32 Å². The number of hydrogen-bond donors (Lipinski definition) is 1. The van der Waals surface area contributed by atoms with Crippen molar-refractivity contribution in [3.8, 4) is 0 Å². The fraction of sp³-hybridized carbons (Fsp3) is 0.769. The topological polar surface area (TPSA) is 72.5 Å². The lowest BCUT2D eigenvalue weighted by molar-refractivity contribution is -0.141. The van der Waals surface area contributed by atoms with E-state index < -0.39 is 6.04 Å². The number of amides is 1. The van der Waals surface area contributed by atoms with Crippen LogP contribution in [-0.4, -0.2) is 30.3 Å². The molecule has 1 fully saturated rings. The first kappa shape index (κ1) is 14.7. The van der Waals surface area contributed by atoms with Crippen LogP contribution in [-0.2, 0) is 19.1 Å². The molecule has 0 saturated carbocycles. The Morgan fingerprint density at radius 1 is 1.33 bits per heavy atom. The summed E-state index contributed by atoms with van der Waals surface area (Å²) in [4.78, 5) is 34.0. The van der Waals surface area contributed by atoms with Gasteiger partial charge in [-0.2, -0.15) is 0 Å². The summed E-state index contributed by atoms with van der Waals surface area (Å²) >= 11 is 0. The van der Waals surface area contributed by atoms with Gasteiger partial charge in [-0.05, 0) is 12.8 Å². The molecule has 0 spiro atoms. The Bertz CT molecular complexity index is 327. The third-order valence-corrected chi connectivity index (χ3v) is 3.13. The van der Waals surface area contributed by atoms with Crippen LogP contribution >= 0.6 is 0 Å². The van der Waals surface area contributed by atoms with Gasteiger partial charge in [0.25, 0.3) is 0 Å². The quantitative estimate of drug-likeness (QED) is 0.548. The van der Waals surface area contributed by atoms with Crippen LogP contribution in [0.5, 0.6) is 0 Å². The average Bonchev–Trinajstić information content (AvgIpc) is 2.66. The van der Waals surface area contributed by atoms with Crippen LogP contribution in [0.2, 0.25) is 0 Å². The first-order valence-electron chi connectivity index (χ1n) is 6.52. The maximum Gasteiger partial charge on any atom is 0.329 e. The number of nitrogens with one attached hydrogen (secondary N) is 1. The van der Waals surface area contributed by atoms with E-state index in [0.717, 1.165) is 6.42 Å². The van der Waals surface area contributed by atoms with E-state index in [1.165, 1.54) is 0 Å². The highest BCUT2D eigenvalue weighted by atomic mass is 16.5. The minimum atomic E-state index is -0.505. The number of ether oxygens (including phenoxy) is 1. The van der Waals surface area contributed by atoms with Crippen LogP contribution in [0.4, 0.5) is 0 Å². The fourth-order valence-electron chi connectivity index (χ4n) is 1.86. The molecule has 1 amide bonds. The number of carbonyl (C=O) groups excluding carboxylic acids is 3. The monoisotopic (exact) mass is 255 g/mol. The van der Waals surface area contributed by atoms with Crippen molar-refractivity contribution in [1.29, 1.82) is 0 Å². The molecule has 1 heterocycles. The maximum absolute atomic E-state index is 11.6. The number of esters is 1. The van der Waals surface area contributed by atoms with E-state index in [4.69, 9.17) is 4.74 Å². The van der Waals surface area contributed by atoms with Gasteiger partial charge in [0.2, 0.25) is 5.91 Å². The van der Waals surface area contributed by atoms with Gasteiger partial charge in [-0.3, -0.25) is 9.59 Å². The lowest BCUT2D eigenvalue weighted by atomic mass is 10.1. The standard InChI is InChI=1S/C13H21NO4/c1-3-10(15)6-4-5-7-11(16)14-12-9(2)8-18-13(12)17/h9,12H,3-8H2,1-2H3,(H,14,16)/t9-,12+/m1/s1. The van der Waals surface area contributed by atoms with Crippen molar-refractivity contribution in [3.05, 3.63) is 0 Å². The first-order valence-corrected chi connectivity index (χ1v) is 6.52. The molecule has 0 aliphatic carbocycles. The summed E-state index contributed by atoms with van der Waals surface area (Å²) in [7, 11) is 0. The molecule has 1 rings (SSSR count). The Morgan fingerprint density at radius 2 is 2.00 bits per heavy atom. The molecule has 2 atom stereocenters. The highest BCUT2D eigenvalue weighted by molar-refractivity contribution is 5.85. The second kappa shape index (κ2) is 7.13. The summed E-state index contributed by atoms with van der Waals surface area (Å²) in [5, 5.41) is 2.68. The molecule has 0 aromatic carbocycles. The number of rotatable bonds is 7. The first-order chi connectivity index (χ1) is 8.54. The molecule has 1 aliphatic heterocycles. The van der Waals surface area contributed by atoms with Gasteiger partial charge in [-0.25, -0.2) is 4.79 Å². The molecule has 18 heavy (non-hydrogen) atoms. The van der Waals surface area contributed by atoms with E-state index in [1.807, 2.05) is 13.8 Å². The highest BCUT2D eigenvalue weighted by Gasteiger charge is 2.34. The van der Waals surface area contributed by atoms with Crippen molar-refractivity contribution >= 4 is 17.7 Å². The van der Waals surface area contributed by atoms with Crippen molar-refractivity contribution in [2.45, 2.75) is 52.0 Å². The van der Waals surface area contributed by atoms with Gasteiger partial charge in [0, 0.05) is 25.2 Å². The summed E-state index contributed by atoms with van der Waals surface area (Å²) in [6.07, 6.45) is 2.84. The SMILES string of the molecule is CCC(=O)CCCCC(=O)N[C@@H]1C(=O)OC[C@H]1C. The molecular weight excluding hydrogens is 234 g/mol. The van der Waals surface area contributed by atoms with Gasteiger partial charge in [0.05, 0.1) is 6.61 Å². The molecule has 1 saturated heterocycles. The van der Waals surface area contributed by atoms with Crippen LogP contribution in [0, 0.1) is 5.92 Å². The minimum Gasteiger partial charge on any atom is -0.464 e. The molecule has 0 aromatic heterocycles. The van der Waals surface area contributed by atoms with Gasteiger partial charge >= 0.3 is 5.97 Å². The van der Waals surface area contributed by atoms with Gasteiger partial charge < -0.3 is 10.1 Å². The lowest BCUT2D eigenvalue weighted by Gasteiger charge is -2.12. The van der Waals surface area contributed by atoms with Crippen LogP contribution in [0.15, 0.2) is 0 Å². The number of cyclic esters (lactones) is 1. The number of ketones is 1. The largest absolute Gasteiger partial charge is 0.464 e. The zero-order chi connectivity index (χ0) is 13.5. The van der Waals surface area contributed by atoms with Crippen LogP contribution in [0.3, 0.4) is 0 Å². The molecule has 1 N–H and O–H groups in total. The molecule has 5 heteroatoms. The molecular formula is C13H21NO4. The Kier molecular flexibility index (Phi) is 5.82. The number of unbranched alkanes of at least 4 members (excludes halogenated alkanes) is 1. The number of carbonyl (C=O) groups is 3. The van der Waals surface area contributed by atoms with Gasteiger partial charge in [0.1, 0.15) is 11.8 Å². The highest BCUT2D eigenvalue weighted by Crippen LogP contribution is 2.14. The number of Topliss-reactive ketones (excluding diaryl/α,β-unsaturated/α-hetero) is 1. The third kappa shape index (κ3) is 4.47. The van der Waals surface area contributed by atoms with Crippen molar-refractivity contribution in [2.75, 3.05) is 6.61 Å². The van der Waals surface area contributed by atoms with Crippen LogP contribution in [0.1, 0.15) is 46.0 Å². The smallest absolute Gasteiger partial charge is 0.329 e. The zero-order valence-corrected chi connectivity index (χ0v) is 11.0. The zero-order valence-electron chi connectivity index (χ0n) is 11.0. The van der Waals surface area contributed by atoms with Crippen LogP contribution < -0.4 is 5.32 Å².